The van der Waals surface area contributed by atoms with Crippen molar-refractivity contribution in [2.24, 2.45) is 0 Å². The molecule has 0 bridgehead atoms. The Bertz CT molecular complexity index is 3050. The van der Waals surface area contributed by atoms with E-state index in [0.717, 1.165) is 60.5 Å². The molecule has 0 N–H and O–H groups in total. The van der Waals surface area contributed by atoms with Crippen molar-refractivity contribution in [3.8, 4) is 27.9 Å². The predicted octanol–water partition coefficient (Wildman–Crippen LogP) is 13.1. The molecule has 0 saturated heterocycles. The average molecular weight is 626 g/mol. The lowest BCUT2D eigenvalue weighted by molar-refractivity contribution is 0.615. The first-order valence-corrected chi connectivity index (χ1v) is 16.7. The van der Waals surface area contributed by atoms with Crippen molar-refractivity contribution in [2.75, 3.05) is 0 Å². The van der Waals surface area contributed by atoms with Crippen molar-refractivity contribution in [1.29, 1.82) is 0 Å². The lowest BCUT2D eigenvalue weighted by atomic mass is 9.84. The van der Waals surface area contributed by atoms with Crippen LogP contribution in [0.1, 0.15) is 0 Å². The van der Waals surface area contributed by atoms with E-state index in [1.54, 1.807) is 6.26 Å². The molecule has 0 spiro atoms. The van der Waals surface area contributed by atoms with Gasteiger partial charge in [-0.25, -0.2) is 0 Å². The van der Waals surface area contributed by atoms with Crippen LogP contribution >= 0.6 is 0 Å². The molecule has 11 rings (SSSR count). The standard InChI is InChI=1S/C46H27NO2/c1-2-13-29(14-3-1)47-38-22-10-8-20-35(38)42-36(21-12-23-39(42)47)41-31-16-4-6-18-33(31)43(34-19-7-5-17-32(34)41)44-45-28(25-26-48-45)27-37-30-15-9-11-24-40(30)49-46(37)44/h1-27H. The number of para-hydroxylation sites is 3. The van der Waals surface area contributed by atoms with Crippen molar-refractivity contribution >= 4 is 76.3 Å². The number of hydrogen-bond acceptors (Lipinski definition) is 2. The quantitative estimate of drug-likeness (QED) is 0.183. The molecular formula is C46H27NO2. The van der Waals surface area contributed by atoms with E-state index in [9.17, 15) is 0 Å². The summed E-state index contributed by atoms with van der Waals surface area (Å²) < 4.78 is 15.4. The third-order valence-corrected chi connectivity index (χ3v) is 10.2. The molecule has 49 heavy (non-hydrogen) atoms. The number of fused-ring (bicyclic) bond motifs is 9. The molecule has 0 aliphatic carbocycles. The van der Waals surface area contributed by atoms with Crippen LogP contribution in [0.15, 0.2) is 173 Å². The fourth-order valence-electron chi connectivity index (χ4n) is 8.29. The molecule has 0 unspecified atom stereocenters. The highest BCUT2D eigenvalue weighted by Crippen LogP contribution is 2.50. The number of hydrogen-bond donors (Lipinski definition) is 0. The fraction of sp³-hybridized carbons (Fsp3) is 0. The van der Waals surface area contributed by atoms with Crippen LogP contribution in [0.3, 0.4) is 0 Å². The first-order chi connectivity index (χ1) is 24.3. The summed E-state index contributed by atoms with van der Waals surface area (Å²) in [4.78, 5) is 0. The van der Waals surface area contributed by atoms with Crippen LogP contribution < -0.4 is 0 Å². The molecule has 3 aromatic heterocycles. The van der Waals surface area contributed by atoms with Gasteiger partial charge in [-0.2, -0.15) is 0 Å². The Kier molecular flexibility index (Phi) is 5.38. The Labute approximate surface area is 280 Å². The molecular weight excluding hydrogens is 599 g/mol. The van der Waals surface area contributed by atoms with Crippen LogP contribution in [0, 0.1) is 0 Å². The molecule has 228 valence electrons. The van der Waals surface area contributed by atoms with Gasteiger partial charge in [-0.1, -0.05) is 115 Å². The van der Waals surface area contributed by atoms with E-state index in [2.05, 4.69) is 150 Å². The summed E-state index contributed by atoms with van der Waals surface area (Å²) in [5, 5.41) is 10.4. The van der Waals surface area contributed by atoms with Crippen molar-refractivity contribution in [3.05, 3.63) is 164 Å². The smallest absolute Gasteiger partial charge is 0.147 e. The molecule has 0 saturated carbocycles. The Morgan fingerprint density at radius 2 is 1.02 bits per heavy atom. The Balaban J connectivity index is 1.32. The Hall–Kier alpha value is -6.58. The maximum absolute atomic E-state index is 6.72. The summed E-state index contributed by atoms with van der Waals surface area (Å²) in [6, 6.07) is 56.4. The van der Waals surface area contributed by atoms with Gasteiger partial charge in [0.1, 0.15) is 16.7 Å². The fourth-order valence-corrected chi connectivity index (χ4v) is 8.29. The zero-order chi connectivity index (χ0) is 32.1. The van der Waals surface area contributed by atoms with E-state index >= 15 is 0 Å². The first-order valence-electron chi connectivity index (χ1n) is 16.7. The normalized spacial score (nSPS) is 12.1. The van der Waals surface area contributed by atoms with Crippen molar-refractivity contribution < 1.29 is 8.83 Å². The Morgan fingerprint density at radius 1 is 0.408 bits per heavy atom. The van der Waals surface area contributed by atoms with Gasteiger partial charge in [0.15, 0.2) is 0 Å². The minimum absolute atomic E-state index is 0.836. The highest BCUT2D eigenvalue weighted by molar-refractivity contribution is 6.30. The topological polar surface area (TPSA) is 31.2 Å². The van der Waals surface area contributed by atoms with Gasteiger partial charge in [-0.3, -0.25) is 0 Å². The molecule has 0 fully saturated rings. The van der Waals surface area contributed by atoms with E-state index < -0.39 is 0 Å². The van der Waals surface area contributed by atoms with Gasteiger partial charge in [0, 0.05) is 38.2 Å². The highest BCUT2D eigenvalue weighted by atomic mass is 16.3. The summed E-state index contributed by atoms with van der Waals surface area (Å²) in [6.07, 6.45) is 1.79. The Morgan fingerprint density at radius 3 is 1.78 bits per heavy atom. The number of benzene rings is 8. The molecule has 3 heterocycles. The van der Waals surface area contributed by atoms with Gasteiger partial charge in [-0.05, 0) is 75.1 Å². The third kappa shape index (κ3) is 3.62. The summed E-state index contributed by atoms with van der Waals surface area (Å²) in [6.45, 7) is 0. The van der Waals surface area contributed by atoms with E-state index in [1.165, 1.54) is 43.7 Å². The SMILES string of the molecule is c1ccc(-n2c3ccccc3c3c(-c4c5ccccc5c(-c5c6occc6cc6c5oc5ccccc56)c5ccccc45)cccc32)cc1. The summed E-state index contributed by atoms with van der Waals surface area (Å²) in [5.41, 5.74) is 10.6. The lowest BCUT2D eigenvalue weighted by Crippen LogP contribution is -1.94. The molecule has 0 radical (unpaired) electrons. The maximum Gasteiger partial charge on any atom is 0.147 e. The van der Waals surface area contributed by atoms with E-state index in [0.29, 0.717) is 0 Å². The van der Waals surface area contributed by atoms with Gasteiger partial charge in [0.2, 0.25) is 0 Å². The minimum Gasteiger partial charge on any atom is -0.464 e. The van der Waals surface area contributed by atoms with Crippen LogP contribution in [-0.2, 0) is 0 Å². The van der Waals surface area contributed by atoms with Crippen molar-refractivity contribution in [3.63, 3.8) is 0 Å². The lowest BCUT2D eigenvalue weighted by Gasteiger charge is -2.19. The van der Waals surface area contributed by atoms with Gasteiger partial charge >= 0.3 is 0 Å². The van der Waals surface area contributed by atoms with Gasteiger partial charge in [-0.15, -0.1) is 0 Å². The number of furan rings is 2. The van der Waals surface area contributed by atoms with Crippen LogP contribution in [0.2, 0.25) is 0 Å². The van der Waals surface area contributed by atoms with E-state index in [-0.39, 0.29) is 0 Å². The molecule has 11 aromatic rings. The average Bonchev–Trinajstić information content (AvgIpc) is 3.88. The van der Waals surface area contributed by atoms with Crippen LogP contribution in [-0.4, -0.2) is 4.57 Å². The molecule has 0 aliphatic rings. The number of nitrogens with zero attached hydrogens (tertiary/aromatic N) is 1. The zero-order valence-electron chi connectivity index (χ0n) is 26.4. The monoisotopic (exact) mass is 625 g/mol. The second kappa shape index (κ2) is 9.96. The van der Waals surface area contributed by atoms with Gasteiger partial charge in [0.25, 0.3) is 0 Å². The minimum atomic E-state index is 0.836. The molecule has 8 aromatic carbocycles. The van der Waals surface area contributed by atoms with Crippen molar-refractivity contribution in [1.82, 2.24) is 4.57 Å². The van der Waals surface area contributed by atoms with Crippen molar-refractivity contribution in [2.45, 2.75) is 0 Å². The second-order valence-electron chi connectivity index (χ2n) is 12.8. The zero-order valence-corrected chi connectivity index (χ0v) is 26.4. The third-order valence-electron chi connectivity index (χ3n) is 10.2. The molecule has 0 aliphatic heterocycles. The summed E-state index contributed by atoms with van der Waals surface area (Å²) >= 11 is 0. The first kappa shape index (κ1) is 26.5. The van der Waals surface area contributed by atoms with Crippen LogP contribution in [0.25, 0.3) is 104 Å². The van der Waals surface area contributed by atoms with Gasteiger partial charge in [0.05, 0.1) is 22.9 Å². The van der Waals surface area contributed by atoms with E-state index in [4.69, 9.17) is 8.83 Å². The molecule has 0 atom stereocenters. The molecule has 3 heteroatoms. The van der Waals surface area contributed by atoms with Crippen LogP contribution in [0.5, 0.6) is 0 Å². The summed E-state index contributed by atoms with van der Waals surface area (Å²) in [7, 11) is 0. The predicted molar refractivity (Wildman–Crippen MR) is 204 cm³/mol. The largest absolute Gasteiger partial charge is 0.464 e. The second-order valence-corrected chi connectivity index (χ2v) is 12.8. The highest BCUT2D eigenvalue weighted by Gasteiger charge is 2.25. The van der Waals surface area contributed by atoms with Crippen LogP contribution in [0.4, 0.5) is 0 Å². The number of aromatic nitrogens is 1. The summed E-state index contributed by atoms with van der Waals surface area (Å²) in [5.74, 6) is 0. The number of rotatable bonds is 3. The maximum atomic E-state index is 6.72. The molecule has 3 nitrogen and oxygen atoms in total. The molecule has 0 amide bonds. The van der Waals surface area contributed by atoms with E-state index in [1.807, 2.05) is 12.1 Å². The van der Waals surface area contributed by atoms with Gasteiger partial charge < -0.3 is 13.4 Å².